The Morgan fingerprint density at radius 2 is 0.947 bits per heavy atom. The highest BCUT2D eigenvalue weighted by Crippen LogP contribution is 2.69. The molecule has 8 aliphatic rings. The van der Waals surface area contributed by atoms with E-state index in [1.807, 2.05) is 0 Å². The Kier molecular flexibility index (Phi) is 19.2. The highest BCUT2D eigenvalue weighted by Gasteiger charge is 2.61. The Bertz CT molecular complexity index is 2110. The van der Waals surface area contributed by atoms with Crippen LogP contribution in [-0.2, 0) is 28.5 Å². The number of rotatable bonds is 18. The molecule has 0 aromatic rings. The maximum Gasteiger partial charge on any atom is 0.408 e. The average molecular weight is 1050 g/mol. The van der Waals surface area contributed by atoms with Crippen LogP contribution in [0.15, 0.2) is 23.3 Å². The third-order valence-corrected chi connectivity index (χ3v) is 22.7. The lowest BCUT2D eigenvalue weighted by Gasteiger charge is -2.58. The first-order chi connectivity index (χ1) is 36.2. The van der Waals surface area contributed by atoms with E-state index in [0.717, 1.165) is 111 Å². The number of fused-ring (bicyclic) bond motifs is 10. The molecule has 76 heavy (non-hydrogen) atoms. The van der Waals surface area contributed by atoms with Crippen molar-refractivity contribution in [2.45, 2.75) is 223 Å². The highest BCUT2D eigenvalue weighted by atomic mass is 16.6. The van der Waals surface area contributed by atoms with Crippen molar-refractivity contribution in [3.8, 4) is 23.7 Å². The van der Waals surface area contributed by atoms with Crippen molar-refractivity contribution in [2.24, 2.45) is 92.7 Å². The molecule has 10 heteroatoms. The first-order valence-electron chi connectivity index (χ1n) is 30.8. The van der Waals surface area contributed by atoms with Gasteiger partial charge >= 0.3 is 24.1 Å². The zero-order chi connectivity index (χ0) is 54.4. The summed E-state index contributed by atoms with van der Waals surface area (Å²) in [6.07, 6.45) is 29.7. The molecular weight excluding hydrogens is 949 g/mol. The lowest BCUT2D eigenvalue weighted by Crippen LogP contribution is -2.51. The summed E-state index contributed by atoms with van der Waals surface area (Å²) < 4.78 is 22.0. The second kappa shape index (κ2) is 25.0. The fourth-order valence-electron chi connectivity index (χ4n) is 18.7. The summed E-state index contributed by atoms with van der Waals surface area (Å²) in [7, 11) is 0. The van der Waals surface area contributed by atoms with Crippen molar-refractivity contribution in [1.29, 1.82) is 0 Å². The number of allylic oxidation sites excluding steroid dienone is 2. The normalized spacial score (nSPS) is 36.7. The molecule has 10 nitrogen and oxygen atoms in total. The third-order valence-electron chi connectivity index (χ3n) is 22.7. The van der Waals surface area contributed by atoms with E-state index in [9.17, 15) is 19.2 Å². The first kappa shape index (κ1) is 58.2. The van der Waals surface area contributed by atoms with Crippen LogP contribution in [-0.4, -0.2) is 62.6 Å². The Hall–Kier alpha value is -3.92. The van der Waals surface area contributed by atoms with Gasteiger partial charge in [0, 0.05) is 12.8 Å². The summed E-state index contributed by atoms with van der Waals surface area (Å²) in [5.41, 5.74) is 4.19. The fraction of sp³-hybridized carbons (Fsp3) is 0.818. The molecule has 0 spiro atoms. The predicted octanol–water partition coefficient (Wildman–Crippen LogP) is 14.4. The van der Waals surface area contributed by atoms with Gasteiger partial charge < -0.3 is 29.6 Å². The topological polar surface area (TPSA) is 129 Å². The monoisotopic (exact) mass is 1050 g/mol. The van der Waals surface area contributed by atoms with E-state index in [1.54, 1.807) is 0 Å². The number of hydrogen-bond acceptors (Lipinski definition) is 8. The summed E-state index contributed by atoms with van der Waals surface area (Å²) in [6.45, 7) is 23.7. The molecule has 6 saturated carbocycles. The third kappa shape index (κ3) is 12.9. The fourth-order valence-corrected chi connectivity index (χ4v) is 18.7. The number of nitrogens with one attached hydrogen (secondary N) is 2. The Balaban J connectivity index is 0.674. The van der Waals surface area contributed by atoms with Gasteiger partial charge in [-0.25, -0.2) is 9.59 Å². The van der Waals surface area contributed by atoms with Crippen molar-refractivity contribution < 1.29 is 38.1 Å². The van der Waals surface area contributed by atoms with Crippen molar-refractivity contribution in [3.63, 3.8) is 0 Å². The van der Waals surface area contributed by atoms with Crippen LogP contribution in [0.4, 0.5) is 9.59 Å². The molecule has 8 rings (SSSR count). The molecule has 2 amide bonds. The van der Waals surface area contributed by atoms with E-state index >= 15 is 0 Å². The summed E-state index contributed by atoms with van der Waals surface area (Å²) >= 11 is 0. The van der Waals surface area contributed by atoms with E-state index in [1.165, 1.54) is 101 Å². The van der Waals surface area contributed by atoms with Gasteiger partial charge in [0.05, 0.1) is 0 Å². The number of alkyl carbamates (subject to hydrolysis) is 2. The van der Waals surface area contributed by atoms with E-state index < -0.39 is 24.1 Å². The van der Waals surface area contributed by atoms with Gasteiger partial charge in [0.15, 0.2) is 13.2 Å². The number of ether oxygens (including phenoxy) is 4. The number of esters is 2. The zero-order valence-corrected chi connectivity index (χ0v) is 48.9. The van der Waals surface area contributed by atoms with Crippen LogP contribution < -0.4 is 10.6 Å². The Labute approximate surface area is 459 Å². The molecule has 0 radical (unpaired) electrons. The summed E-state index contributed by atoms with van der Waals surface area (Å²) in [5.74, 6) is 18.8. The van der Waals surface area contributed by atoms with E-state index in [4.69, 9.17) is 18.9 Å². The molecule has 6 fully saturated rings. The van der Waals surface area contributed by atoms with Crippen LogP contribution in [0.3, 0.4) is 0 Å². The van der Waals surface area contributed by atoms with Gasteiger partial charge in [-0.2, -0.15) is 0 Å². The molecule has 16 atom stereocenters. The van der Waals surface area contributed by atoms with E-state index in [2.05, 4.69) is 116 Å². The predicted molar refractivity (Wildman–Crippen MR) is 300 cm³/mol. The first-order valence-corrected chi connectivity index (χ1v) is 30.8. The lowest BCUT2D eigenvalue weighted by atomic mass is 9.47. The van der Waals surface area contributed by atoms with Gasteiger partial charge in [-0.1, -0.05) is 131 Å². The molecule has 0 aromatic carbocycles. The summed E-state index contributed by atoms with van der Waals surface area (Å²) in [4.78, 5) is 50.3. The minimum atomic E-state index is -0.772. The lowest BCUT2D eigenvalue weighted by molar-refractivity contribution is -0.151. The molecule has 422 valence electrons. The van der Waals surface area contributed by atoms with Gasteiger partial charge in [0.25, 0.3) is 0 Å². The van der Waals surface area contributed by atoms with Crippen molar-refractivity contribution in [3.05, 3.63) is 23.3 Å². The van der Waals surface area contributed by atoms with E-state index in [0.29, 0.717) is 22.7 Å². The van der Waals surface area contributed by atoms with Gasteiger partial charge in [0.2, 0.25) is 0 Å². The second-order valence-corrected chi connectivity index (χ2v) is 27.8. The molecule has 0 aliphatic heterocycles. The number of hydrogen-bond donors (Lipinski definition) is 2. The van der Waals surface area contributed by atoms with Crippen LogP contribution >= 0.6 is 0 Å². The maximum atomic E-state index is 12.9. The molecule has 0 aromatic heterocycles. The molecular formula is C66H100N2O8. The van der Waals surface area contributed by atoms with E-state index in [-0.39, 0.29) is 49.3 Å². The van der Waals surface area contributed by atoms with Gasteiger partial charge in [0.1, 0.15) is 25.3 Å². The highest BCUT2D eigenvalue weighted by molar-refractivity contribution is 5.78. The van der Waals surface area contributed by atoms with Crippen LogP contribution in [0.5, 0.6) is 0 Å². The quantitative estimate of drug-likeness (QED) is 0.0601. The Morgan fingerprint density at radius 1 is 0.539 bits per heavy atom. The van der Waals surface area contributed by atoms with Crippen molar-refractivity contribution in [2.75, 3.05) is 26.3 Å². The van der Waals surface area contributed by atoms with Crippen LogP contribution in [0.1, 0.15) is 210 Å². The maximum absolute atomic E-state index is 12.9. The van der Waals surface area contributed by atoms with Gasteiger partial charge in [-0.05, 0) is 206 Å². The second-order valence-electron chi connectivity index (χ2n) is 27.8. The summed E-state index contributed by atoms with van der Waals surface area (Å²) in [5, 5.41) is 4.95. The SMILES string of the molecule is CC(C)CCC[C@@H](C)[C@H]1CC[C@H]2[C@@H]3CC=C4C[C@@H](OC(=O)CNC(=O)OCC#CC#CCOC(=O)NCC(=O)O[C@H]5CC[C@@]6(C)C(=CC[C@H]7[C@@H]8CC[C@H]([C@H](C)CCCC(C)C)[C@@]8(C)CC[C@@H]76)C5)CC[C@]4(C)[C@H]3CC[C@]12C. The molecule has 0 saturated heterocycles. The molecule has 8 aliphatic carbocycles. The number of carbonyl (C=O) groups excluding carboxylic acids is 4. The molecule has 2 N–H and O–H groups in total. The minimum absolute atomic E-state index is 0.167. The smallest absolute Gasteiger partial charge is 0.408 e. The van der Waals surface area contributed by atoms with Gasteiger partial charge in [-0.15, -0.1) is 0 Å². The minimum Gasteiger partial charge on any atom is -0.461 e. The van der Waals surface area contributed by atoms with Crippen LogP contribution in [0.2, 0.25) is 0 Å². The summed E-state index contributed by atoms with van der Waals surface area (Å²) in [6, 6.07) is 0. The standard InChI is InChI=1S/C66H100N2O8/c1-43(2)17-15-19-45(5)53-25-27-55-51-23-21-47-39-49(29-33-63(47,7)57(51)31-35-65(53,55)9)75-59(69)41-67-61(71)73-37-13-11-12-14-38-74-62(72)68-42-60(70)76-50-30-34-64(8)48(40-50)22-24-52-56-28-26-54(46(6)20-16-18-44(3)4)66(56,10)36-32-58(52)64/h21-22,43-46,49-58H,15-20,23-42H2,1-10H3,(H,67,71)(H,68,72)/t45-,46-,49+,50+,51+,52+,53-,54-,55+,56+,57+,58+,63+,64+,65-,66-/m1/s1. The largest absolute Gasteiger partial charge is 0.461 e. The number of amides is 2. The molecule has 0 bridgehead atoms. The van der Waals surface area contributed by atoms with Crippen LogP contribution in [0.25, 0.3) is 0 Å². The zero-order valence-electron chi connectivity index (χ0n) is 48.9. The molecule has 0 unspecified atom stereocenters. The number of carbonyl (C=O) groups is 4. The average Bonchev–Trinajstić information content (AvgIpc) is 3.93. The van der Waals surface area contributed by atoms with Crippen molar-refractivity contribution in [1.82, 2.24) is 10.6 Å². The van der Waals surface area contributed by atoms with Crippen LogP contribution in [0, 0.1) is 116 Å². The van der Waals surface area contributed by atoms with Crippen molar-refractivity contribution >= 4 is 24.1 Å². The van der Waals surface area contributed by atoms with Gasteiger partial charge in [-0.3, -0.25) is 9.59 Å². The Morgan fingerprint density at radius 3 is 1.34 bits per heavy atom. The molecule has 0 heterocycles.